The quantitative estimate of drug-likeness (QED) is 0.757. The number of nitrogens with zero attached hydrogens (tertiary/aromatic N) is 1. The number of carbonyl (C=O) groups is 1. The van der Waals surface area contributed by atoms with Crippen molar-refractivity contribution in [3.05, 3.63) is 47.5 Å². The van der Waals surface area contributed by atoms with Crippen LogP contribution in [0.15, 0.2) is 36.4 Å². The zero-order valence-corrected chi connectivity index (χ0v) is 21.1. The monoisotopic (exact) mass is 414 g/mol. The number of carbonyl (C=O) groups excluding carboxylic acids is 1. The first-order valence-electron chi connectivity index (χ1n) is 10.5. The van der Waals surface area contributed by atoms with Crippen LogP contribution in [-0.2, 0) is 16.6 Å². The molecule has 0 saturated carbocycles. The van der Waals surface area contributed by atoms with Crippen molar-refractivity contribution in [1.82, 2.24) is 0 Å². The predicted octanol–water partition coefficient (Wildman–Crippen LogP) is 0.835. The van der Waals surface area contributed by atoms with Gasteiger partial charge < -0.3 is 20.1 Å². The Morgan fingerprint density at radius 2 is 1.87 bits per heavy atom. The number of rotatable bonds is 3. The Hall–Kier alpha value is -1.49. The summed E-state index contributed by atoms with van der Waals surface area (Å²) in [6, 6.07) is 13.2. The molecule has 4 nitrogen and oxygen atoms in total. The first-order valence-corrected chi connectivity index (χ1v) is 10.5. The van der Waals surface area contributed by atoms with E-state index in [1.807, 2.05) is 0 Å². The van der Waals surface area contributed by atoms with E-state index in [4.69, 9.17) is 0 Å². The SMILES string of the molecule is CC1(C)CNc2c(cc(C(C)(C)C)cc2-c2cccc(N3CC(C(=O)[O-])C3)c2)C1.[Na+]. The van der Waals surface area contributed by atoms with Crippen molar-refractivity contribution < 1.29 is 39.5 Å². The average molecular weight is 415 g/mol. The summed E-state index contributed by atoms with van der Waals surface area (Å²) in [5.74, 6) is -1.31. The molecule has 2 aromatic carbocycles. The van der Waals surface area contributed by atoms with E-state index in [2.05, 4.69) is 81.2 Å². The molecule has 0 radical (unpaired) electrons. The van der Waals surface area contributed by atoms with Gasteiger partial charge in [0.25, 0.3) is 0 Å². The molecule has 1 N–H and O–H groups in total. The molecule has 0 amide bonds. The molecule has 0 aromatic heterocycles. The van der Waals surface area contributed by atoms with Crippen molar-refractivity contribution in [2.24, 2.45) is 11.3 Å². The summed E-state index contributed by atoms with van der Waals surface area (Å²) in [6.07, 6.45) is 1.06. The number of fused-ring (bicyclic) bond motifs is 1. The van der Waals surface area contributed by atoms with Crippen molar-refractivity contribution in [3.63, 3.8) is 0 Å². The Morgan fingerprint density at radius 1 is 1.17 bits per heavy atom. The van der Waals surface area contributed by atoms with Crippen LogP contribution in [0, 0.1) is 11.3 Å². The molecule has 2 aromatic rings. The minimum atomic E-state index is -0.948. The normalized spacial score (nSPS) is 18.0. The number of carboxylic acids is 1. The standard InChI is InChI=1S/C25H32N2O2.Na/c1-24(2,3)19-9-17-12-25(4,5)15-26-22(17)21(11-19)16-7-6-8-20(10-16)27-13-18(14-27)23(28)29;/h6-11,18,26H,12-15H2,1-5H3,(H,28,29);/q;+1/p-1. The van der Waals surface area contributed by atoms with Crippen LogP contribution in [0.25, 0.3) is 11.1 Å². The molecule has 1 fully saturated rings. The summed E-state index contributed by atoms with van der Waals surface area (Å²) in [7, 11) is 0. The fraction of sp³-hybridized carbons (Fsp3) is 0.480. The van der Waals surface area contributed by atoms with Crippen molar-refractivity contribution in [1.29, 1.82) is 0 Å². The molecule has 0 spiro atoms. The molecule has 0 unspecified atom stereocenters. The first-order chi connectivity index (χ1) is 13.5. The molecule has 0 atom stereocenters. The number of aliphatic carboxylic acids is 1. The maximum absolute atomic E-state index is 11.0. The van der Waals surface area contributed by atoms with Gasteiger partial charge >= 0.3 is 29.6 Å². The third-order valence-corrected chi connectivity index (χ3v) is 6.24. The van der Waals surface area contributed by atoms with Crippen molar-refractivity contribution in [2.45, 2.75) is 46.5 Å². The third kappa shape index (κ3) is 4.56. The molecule has 5 heteroatoms. The maximum atomic E-state index is 11.0. The van der Waals surface area contributed by atoms with Gasteiger partial charge in [-0.25, -0.2) is 0 Å². The topological polar surface area (TPSA) is 55.4 Å². The Bertz CT molecular complexity index is 956. The number of benzene rings is 2. The molecule has 4 rings (SSSR count). The predicted molar refractivity (Wildman–Crippen MR) is 117 cm³/mol. The average Bonchev–Trinajstić information content (AvgIpc) is 2.57. The summed E-state index contributed by atoms with van der Waals surface area (Å²) in [5.41, 5.74) is 7.77. The Balaban J connectivity index is 0.00000256. The van der Waals surface area contributed by atoms with E-state index in [0.717, 1.165) is 18.7 Å². The van der Waals surface area contributed by atoms with E-state index in [1.165, 1.54) is 27.9 Å². The fourth-order valence-corrected chi connectivity index (χ4v) is 4.33. The van der Waals surface area contributed by atoms with E-state index >= 15 is 0 Å². The van der Waals surface area contributed by atoms with Gasteiger partial charge in [-0.2, -0.15) is 0 Å². The summed E-state index contributed by atoms with van der Waals surface area (Å²) < 4.78 is 0. The van der Waals surface area contributed by atoms with E-state index in [9.17, 15) is 9.90 Å². The largest absolute Gasteiger partial charge is 1.00 e. The summed E-state index contributed by atoms with van der Waals surface area (Å²) in [4.78, 5) is 13.2. The number of hydrogen-bond donors (Lipinski definition) is 1. The van der Waals surface area contributed by atoms with Gasteiger partial charge in [-0.05, 0) is 52.1 Å². The fourth-order valence-electron chi connectivity index (χ4n) is 4.33. The van der Waals surface area contributed by atoms with Gasteiger partial charge in [0.1, 0.15) is 0 Å². The van der Waals surface area contributed by atoms with Crippen molar-refractivity contribution in [3.8, 4) is 11.1 Å². The van der Waals surface area contributed by atoms with Gasteiger partial charge in [0.05, 0.1) is 0 Å². The summed E-state index contributed by atoms with van der Waals surface area (Å²) in [6.45, 7) is 13.4. The van der Waals surface area contributed by atoms with E-state index in [0.29, 0.717) is 13.1 Å². The smallest absolute Gasteiger partial charge is 0.550 e. The van der Waals surface area contributed by atoms with E-state index in [1.54, 1.807) is 0 Å². The zero-order chi connectivity index (χ0) is 21.0. The van der Waals surface area contributed by atoms with Gasteiger partial charge in [0, 0.05) is 48.5 Å². The Labute approximate surface area is 202 Å². The van der Waals surface area contributed by atoms with Crippen LogP contribution >= 0.6 is 0 Å². The number of nitrogens with one attached hydrogen (secondary N) is 1. The number of carboxylic acid groups (broad SMARTS) is 1. The second kappa shape index (κ2) is 8.22. The molecular formula is C25H31N2NaO2. The van der Waals surface area contributed by atoms with Gasteiger partial charge in [-0.3, -0.25) is 0 Å². The summed E-state index contributed by atoms with van der Waals surface area (Å²) >= 11 is 0. The van der Waals surface area contributed by atoms with Crippen LogP contribution in [0.5, 0.6) is 0 Å². The second-order valence-corrected chi connectivity index (χ2v) is 10.5. The zero-order valence-electron chi connectivity index (χ0n) is 19.1. The molecule has 2 heterocycles. The van der Waals surface area contributed by atoms with Gasteiger partial charge in [0.2, 0.25) is 0 Å². The van der Waals surface area contributed by atoms with Crippen LogP contribution in [0.3, 0.4) is 0 Å². The van der Waals surface area contributed by atoms with Crippen LogP contribution in [0.1, 0.15) is 45.7 Å². The molecular weight excluding hydrogens is 383 g/mol. The van der Waals surface area contributed by atoms with Crippen molar-refractivity contribution >= 4 is 17.3 Å². The Kier molecular flexibility index (Phi) is 6.35. The molecule has 0 bridgehead atoms. The second-order valence-electron chi connectivity index (χ2n) is 10.5. The number of anilines is 2. The summed E-state index contributed by atoms with van der Waals surface area (Å²) in [5, 5.41) is 14.7. The Morgan fingerprint density at radius 3 is 2.50 bits per heavy atom. The van der Waals surface area contributed by atoms with Gasteiger partial charge in [-0.15, -0.1) is 0 Å². The number of hydrogen-bond acceptors (Lipinski definition) is 4. The van der Waals surface area contributed by atoms with E-state index < -0.39 is 5.97 Å². The first kappa shape index (κ1) is 23.2. The maximum Gasteiger partial charge on any atom is 1.00 e. The van der Waals surface area contributed by atoms with E-state index in [-0.39, 0.29) is 46.3 Å². The van der Waals surface area contributed by atoms with Crippen molar-refractivity contribution in [2.75, 3.05) is 29.9 Å². The minimum absolute atomic E-state index is 0. The van der Waals surface area contributed by atoms with Crippen LogP contribution < -0.4 is 44.9 Å². The van der Waals surface area contributed by atoms with Gasteiger partial charge in [0.15, 0.2) is 0 Å². The molecule has 154 valence electrons. The minimum Gasteiger partial charge on any atom is -0.550 e. The molecule has 2 aliphatic heterocycles. The van der Waals surface area contributed by atoms with Crippen LogP contribution in [-0.4, -0.2) is 25.6 Å². The van der Waals surface area contributed by atoms with Crippen LogP contribution in [0.2, 0.25) is 0 Å². The van der Waals surface area contributed by atoms with Crippen LogP contribution in [0.4, 0.5) is 11.4 Å². The molecule has 2 aliphatic rings. The molecule has 0 aliphatic carbocycles. The van der Waals surface area contributed by atoms with Gasteiger partial charge in [-0.1, -0.05) is 52.8 Å². The third-order valence-electron chi connectivity index (χ3n) is 6.24. The molecule has 1 saturated heterocycles. The molecule has 30 heavy (non-hydrogen) atoms.